The van der Waals surface area contributed by atoms with E-state index >= 15 is 0 Å². The van der Waals surface area contributed by atoms with Crippen LogP contribution in [0.4, 0.5) is 4.39 Å². The first-order valence-corrected chi connectivity index (χ1v) is 9.09. The molecule has 0 fully saturated rings. The number of guanidine groups is 1. The predicted molar refractivity (Wildman–Crippen MR) is 122 cm³/mol. The van der Waals surface area contributed by atoms with Gasteiger partial charge in [0.15, 0.2) is 5.96 Å². The summed E-state index contributed by atoms with van der Waals surface area (Å²) < 4.78 is 13.0. The highest BCUT2D eigenvalue weighted by molar-refractivity contribution is 14.0. The molecule has 0 aliphatic rings. The fourth-order valence-corrected chi connectivity index (χ4v) is 2.72. The van der Waals surface area contributed by atoms with Crippen molar-refractivity contribution >= 4 is 35.8 Å². The van der Waals surface area contributed by atoms with Gasteiger partial charge in [-0.25, -0.2) is 9.38 Å². The number of primary amides is 1. The molecule has 0 aromatic heterocycles. The van der Waals surface area contributed by atoms with Crippen LogP contribution < -0.4 is 16.4 Å². The van der Waals surface area contributed by atoms with Gasteiger partial charge in [0, 0.05) is 13.1 Å². The molecule has 0 aliphatic heterocycles. The van der Waals surface area contributed by atoms with E-state index in [4.69, 9.17) is 5.73 Å². The second kappa shape index (κ2) is 12.3. The van der Waals surface area contributed by atoms with Gasteiger partial charge >= 0.3 is 0 Å². The molecule has 1 unspecified atom stereocenters. The number of carbonyl (C=O) groups excluding carboxylic acids is 1. The van der Waals surface area contributed by atoms with Gasteiger partial charge in [-0.15, -0.1) is 24.0 Å². The molecule has 7 heteroatoms. The number of halogens is 2. The van der Waals surface area contributed by atoms with Gasteiger partial charge in [0.1, 0.15) is 5.82 Å². The van der Waals surface area contributed by atoms with Crippen molar-refractivity contribution < 1.29 is 9.18 Å². The lowest BCUT2D eigenvalue weighted by molar-refractivity contribution is -0.121. The minimum absolute atomic E-state index is 0. The van der Waals surface area contributed by atoms with Gasteiger partial charge in [-0.2, -0.15) is 0 Å². The number of nitrogens with zero attached hydrogens (tertiary/aromatic N) is 1. The lowest BCUT2D eigenvalue weighted by atomic mass is 9.98. The first-order chi connectivity index (χ1) is 13.0. The third-order valence-electron chi connectivity index (χ3n) is 4.16. The number of nitrogens with two attached hydrogens (primary N) is 1. The highest BCUT2D eigenvalue weighted by atomic mass is 127. The van der Waals surface area contributed by atoms with Crippen LogP contribution >= 0.6 is 24.0 Å². The zero-order valence-corrected chi connectivity index (χ0v) is 18.6. The Bertz CT molecular complexity index is 780. The number of hydrogen-bond donors (Lipinski definition) is 3. The van der Waals surface area contributed by atoms with E-state index in [-0.39, 0.29) is 29.8 Å². The third-order valence-corrected chi connectivity index (χ3v) is 4.16. The highest BCUT2D eigenvalue weighted by Crippen LogP contribution is 2.10. The molecule has 0 spiro atoms. The number of aryl methyl sites for hydroxylation is 1. The van der Waals surface area contributed by atoms with Gasteiger partial charge in [-0.1, -0.05) is 42.0 Å². The van der Waals surface area contributed by atoms with Crippen molar-refractivity contribution in [2.45, 2.75) is 26.8 Å². The molecular formula is C21H28FIN4O. The van der Waals surface area contributed by atoms with Gasteiger partial charge in [0.05, 0.1) is 12.5 Å². The summed E-state index contributed by atoms with van der Waals surface area (Å²) in [6, 6.07) is 14.3. The number of benzene rings is 2. The van der Waals surface area contributed by atoms with Crippen LogP contribution in [-0.4, -0.2) is 25.0 Å². The normalized spacial score (nSPS) is 12.0. The summed E-state index contributed by atoms with van der Waals surface area (Å²) in [5.41, 5.74) is 8.71. The first-order valence-electron chi connectivity index (χ1n) is 9.09. The topological polar surface area (TPSA) is 79.5 Å². The van der Waals surface area contributed by atoms with Crippen molar-refractivity contribution in [2.75, 3.05) is 13.1 Å². The largest absolute Gasteiger partial charge is 0.369 e. The predicted octanol–water partition coefficient (Wildman–Crippen LogP) is 3.15. The molecule has 5 nitrogen and oxygen atoms in total. The molecule has 0 heterocycles. The summed E-state index contributed by atoms with van der Waals surface area (Å²) in [5, 5.41) is 6.35. The van der Waals surface area contributed by atoms with E-state index in [9.17, 15) is 9.18 Å². The maximum absolute atomic E-state index is 13.0. The van der Waals surface area contributed by atoms with Crippen LogP contribution in [0.3, 0.4) is 0 Å². The number of aliphatic imine (C=N–C) groups is 1. The fourth-order valence-electron chi connectivity index (χ4n) is 2.72. The fraction of sp³-hybridized carbons (Fsp3) is 0.333. The quantitative estimate of drug-likeness (QED) is 0.297. The van der Waals surface area contributed by atoms with Gasteiger partial charge in [-0.05, 0) is 43.5 Å². The van der Waals surface area contributed by atoms with E-state index in [1.807, 2.05) is 32.0 Å². The Morgan fingerprint density at radius 2 is 1.86 bits per heavy atom. The second-order valence-electron chi connectivity index (χ2n) is 6.50. The van der Waals surface area contributed by atoms with Crippen LogP contribution in [0.15, 0.2) is 53.5 Å². The van der Waals surface area contributed by atoms with Crippen LogP contribution in [0.1, 0.15) is 23.6 Å². The summed E-state index contributed by atoms with van der Waals surface area (Å²) in [5.74, 6) is -0.491. The molecule has 2 rings (SSSR count). The zero-order valence-electron chi connectivity index (χ0n) is 16.2. The molecule has 0 aliphatic carbocycles. The maximum atomic E-state index is 13.0. The van der Waals surface area contributed by atoms with Crippen LogP contribution in [0.2, 0.25) is 0 Å². The molecule has 1 amide bonds. The summed E-state index contributed by atoms with van der Waals surface area (Å²) in [4.78, 5) is 16.4. The molecule has 0 saturated carbocycles. The van der Waals surface area contributed by atoms with Crippen molar-refractivity contribution in [2.24, 2.45) is 16.6 Å². The van der Waals surface area contributed by atoms with Crippen molar-refractivity contribution in [3.05, 3.63) is 71.0 Å². The Labute approximate surface area is 183 Å². The first kappa shape index (κ1) is 23.9. The minimum atomic E-state index is -0.418. The average molecular weight is 498 g/mol. The third kappa shape index (κ3) is 8.24. The Morgan fingerprint density at radius 3 is 2.46 bits per heavy atom. The number of hydrogen-bond acceptors (Lipinski definition) is 2. The summed E-state index contributed by atoms with van der Waals surface area (Å²) in [6.45, 7) is 5.62. The number of amides is 1. The molecule has 28 heavy (non-hydrogen) atoms. The summed E-state index contributed by atoms with van der Waals surface area (Å²) >= 11 is 0. The van der Waals surface area contributed by atoms with Gasteiger partial charge in [0.25, 0.3) is 0 Å². The molecule has 2 aromatic rings. The Hall–Kier alpha value is -2.16. The maximum Gasteiger partial charge on any atom is 0.222 e. The molecule has 2 aromatic carbocycles. The van der Waals surface area contributed by atoms with E-state index in [2.05, 4.69) is 21.7 Å². The van der Waals surface area contributed by atoms with E-state index in [0.29, 0.717) is 32.0 Å². The Balaban J connectivity index is 0.00000392. The molecule has 4 N–H and O–H groups in total. The Morgan fingerprint density at radius 1 is 1.14 bits per heavy atom. The van der Waals surface area contributed by atoms with Crippen molar-refractivity contribution in [1.29, 1.82) is 0 Å². The van der Waals surface area contributed by atoms with Crippen LogP contribution in [0.5, 0.6) is 0 Å². The van der Waals surface area contributed by atoms with Gasteiger partial charge < -0.3 is 16.4 Å². The monoisotopic (exact) mass is 498 g/mol. The van der Waals surface area contributed by atoms with Crippen LogP contribution in [0, 0.1) is 18.7 Å². The van der Waals surface area contributed by atoms with E-state index in [0.717, 1.165) is 11.1 Å². The van der Waals surface area contributed by atoms with Gasteiger partial charge in [0.2, 0.25) is 5.91 Å². The second-order valence-corrected chi connectivity index (χ2v) is 6.50. The number of rotatable bonds is 8. The number of carbonyl (C=O) groups is 1. The molecule has 1 atom stereocenters. The summed E-state index contributed by atoms with van der Waals surface area (Å²) in [7, 11) is 0. The van der Waals surface area contributed by atoms with Crippen molar-refractivity contribution in [3.63, 3.8) is 0 Å². The summed E-state index contributed by atoms with van der Waals surface area (Å²) in [6.07, 6.45) is 0.444. The van der Waals surface area contributed by atoms with Crippen molar-refractivity contribution in [1.82, 2.24) is 10.6 Å². The molecule has 152 valence electrons. The van der Waals surface area contributed by atoms with E-state index < -0.39 is 11.8 Å². The smallest absolute Gasteiger partial charge is 0.222 e. The molecule has 0 radical (unpaired) electrons. The standard InChI is InChI=1S/C21H27FN4O.HI/c1-3-24-21(25-13-17-6-4-5-15(2)11-17)26-14-18(20(23)27)12-16-7-9-19(22)10-8-16;/h4-11,18H,3,12-14H2,1-2H3,(H2,23,27)(H2,24,25,26);1H. The van der Waals surface area contributed by atoms with E-state index in [1.54, 1.807) is 12.1 Å². The van der Waals surface area contributed by atoms with E-state index in [1.165, 1.54) is 17.7 Å². The lowest BCUT2D eigenvalue weighted by Gasteiger charge is -2.17. The average Bonchev–Trinajstić information content (AvgIpc) is 2.64. The highest BCUT2D eigenvalue weighted by Gasteiger charge is 2.16. The van der Waals surface area contributed by atoms with Gasteiger partial charge in [-0.3, -0.25) is 4.79 Å². The SMILES string of the molecule is CCNC(=NCc1cccc(C)c1)NCC(Cc1ccc(F)cc1)C(N)=O.I. The van der Waals surface area contributed by atoms with Crippen LogP contribution in [0.25, 0.3) is 0 Å². The molecule has 0 bridgehead atoms. The molecular weight excluding hydrogens is 470 g/mol. The minimum Gasteiger partial charge on any atom is -0.369 e. The molecule has 0 saturated heterocycles. The Kier molecular flexibility index (Phi) is 10.5. The lowest BCUT2D eigenvalue weighted by Crippen LogP contribution is -2.43. The van der Waals surface area contributed by atoms with Crippen LogP contribution in [-0.2, 0) is 17.8 Å². The van der Waals surface area contributed by atoms with Crippen molar-refractivity contribution in [3.8, 4) is 0 Å². The zero-order chi connectivity index (χ0) is 19.6. The number of nitrogens with one attached hydrogen (secondary N) is 2.